The Morgan fingerprint density at radius 2 is 1.57 bits per heavy atom. The lowest BCUT2D eigenvalue weighted by molar-refractivity contribution is 0.0706. The van der Waals surface area contributed by atoms with Crippen LogP contribution in [0.3, 0.4) is 0 Å². The number of nitrogens with one attached hydrogen (secondary N) is 1. The summed E-state index contributed by atoms with van der Waals surface area (Å²) in [4.78, 5) is 11.5. The van der Waals surface area contributed by atoms with Gasteiger partial charge in [0.05, 0.1) is 0 Å². The fraction of sp³-hybridized carbons (Fsp3) is 0.0417. The first kappa shape index (κ1) is 19.5. The summed E-state index contributed by atoms with van der Waals surface area (Å²) in [7, 11) is 0. The molecule has 0 saturated heterocycles. The van der Waals surface area contributed by atoms with Crippen molar-refractivity contribution in [3.8, 4) is 22.4 Å². The van der Waals surface area contributed by atoms with E-state index in [0.717, 1.165) is 28.5 Å². The minimum atomic E-state index is -0.890. The molecule has 0 bridgehead atoms. The maximum atomic E-state index is 13.7. The molecule has 0 saturated carbocycles. The molecule has 1 heterocycles. The molecule has 3 aromatic carbocycles. The van der Waals surface area contributed by atoms with E-state index in [0.29, 0.717) is 17.7 Å². The van der Waals surface area contributed by atoms with E-state index in [1.54, 1.807) is 35.8 Å². The second kappa shape index (κ2) is 8.31. The maximum absolute atomic E-state index is 13.7. The van der Waals surface area contributed by atoms with E-state index >= 15 is 0 Å². The summed E-state index contributed by atoms with van der Waals surface area (Å²) >= 11 is 0. The van der Waals surface area contributed by atoms with E-state index in [1.165, 1.54) is 6.07 Å². The Morgan fingerprint density at radius 1 is 0.833 bits per heavy atom. The van der Waals surface area contributed by atoms with Crippen LogP contribution in [0.2, 0.25) is 0 Å². The summed E-state index contributed by atoms with van der Waals surface area (Å²) in [6.07, 6.45) is 1.89. The molecule has 150 valence electrons. The standard InChI is InChI=1S/C24H18F2N2O2/c25-21-11-10-19(12-22(21)26)20-13-23(17-4-2-1-3-5-17)28(15-20)14-16-6-8-18(9-7-16)24(29)27-30/h1-13,15,30H,14H2,(H,27,29). The molecule has 4 rings (SSSR count). The summed E-state index contributed by atoms with van der Waals surface area (Å²) < 4.78 is 29.1. The normalized spacial score (nSPS) is 10.8. The van der Waals surface area contributed by atoms with Crippen molar-refractivity contribution in [2.45, 2.75) is 6.54 Å². The van der Waals surface area contributed by atoms with Crippen molar-refractivity contribution in [2.24, 2.45) is 0 Å². The van der Waals surface area contributed by atoms with Crippen molar-refractivity contribution in [3.63, 3.8) is 0 Å². The molecule has 4 nitrogen and oxygen atoms in total. The summed E-state index contributed by atoms with van der Waals surface area (Å²) in [5.41, 5.74) is 6.16. The van der Waals surface area contributed by atoms with Gasteiger partial charge in [-0.25, -0.2) is 14.3 Å². The average Bonchev–Trinajstić information content (AvgIpc) is 3.20. The van der Waals surface area contributed by atoms with Crippen LogP contribution < -0.4 is 5.48 Å². The molecule has 0 aliphatic rings. The van der Waals surface area contributed by atoms with Crippen LogP contribution in [0.1, 0.15) is 15.9 Å². The molecule has 6 heteroatoms. The minimum absolute atomic E-state index is 0.347. The molecule has 2 N–H and O–H groups in total. The zero-order valence-electron chi connectivity index (χ0n) is 15.8. The lowest BCUT2D eigenvalue weighted by atomic mass is 10.1. The lowest BCUT2D eigenvalue weighted by Crippen LogP contribution is -2.18. The van der Waals surface area contributed by atoms with Gasteiger partial charge in [-0.1, -0.05) is 48.5 Å². The summed E-state index contributed by atoms with van der Waals surface area (Å²) in [5, 5.41) is 8.75. The van der Waals surface area contributed by atoms with Gasteiger partial charge in [-0.05, 0) is 47.0 Å². The van der Waals surface area contributed by atoms with E-state index in [4.69, 9.17) is 5.21 Å². The second-order valence-electron chi connectivity index (χ2n) is 6.87. The van der Waals surface area contributed by atoms with Crippen LogP contribution >= 0.6 is 0 Å². The third-order valence-corrected chi connectivity index (χ3v) is 4.89. The van der Waals surface area contributed by atoms with E-state index in [9.17, 15) is 13.6 Å². The number of hydrogen-bond donors (Lipinski definition) is 2. The van der Waals surface area contributed by atoms with Gasteiger partial charge < -0.3 is 4.57 Å². The molecule has 0 aliphatic heterocycles. The van der Waals surface area contributed by atoms with E-state index < -0.39 is 17.5 Å². The van der Waals surface area contributed by atoms with E-state index in [-0.39, 0.29) is 0 Å². The van der Waals surface area contributed by atoms with Crippen LogP contribution in [0.25, 0.3) is 22.4 Å². The molecule has 0 atom stereocenters. The Balaban J connectivity index is 1.73. The quantitative estimate of drug-likeness (QED) is 0.352. The van der Waals surface area contributed by atoms with Gasteiger partial charge in [0.1, 0.15) is 0 Å². The number of halogens is 2. The maximum Gasteiger partial charge on any atom is 0.274 e. The van der Waals surface area contributed by atoms with Crippen molar-refractivity contribution < 1.29 is 18.8 Å². The zero-order valence-corrected chi connectivity index (χ0v) is 15.8. The van der Waals surface area contributed by atoms with Gasteiger partial charge in [-0.2, -0.15) is 0 Å². The Bertz CT molecular complexity index is 1190. The van der Waals surface area contributed by atoms with Crippen LogP contribution in [0, 0.1) is 11.6 Å². The molecule has 30 heavy (non-hydrogen) atoms. The fourth-order valence-corrected chi connectivity index (χ4v) is 3.35. The fourth-order valence-electron chi connectivity index (χ4n) is 3.35. The second-order valence-corrected chi connectivity index (χ2v) is 6.87. The summed E-state index contributed by atoms with van der Waals surface area (Å²) in [6.45, 7) is 0.509. The number of carbonyl (C=O) groups excluding carboxylic acids is 1. The van der Waals surface area contributed by atoms with Crippen molar-refractivity contribution in [1.29, 1.82) is 0 Å². The van der Waals surface area contributed by atoms with Crippen molar-refractivity contribution in [1.82, 2.24) is 10.0 Å². The first-order valence-corrected chi connectivity index (χ1v) is 9.29. The number of nitrogens with zero attached hydrogens (tertiary/aromatic N) is 1. The highest BCUT2D eigenvalue weighted by molar-refractivity contribution is 5.93. The van der Waals surface area contributed by atoms with Crippen molar-refractivity contribution >= 4 is 5.91 Å². The summed E-state index contributed by atoms with van der Waals surface area (Å²) in [6, 6.07) is 22.4. The highest BCUT2D eigenvalue weighted by Gasteiger charge is 2.12. The minimum Gasteiger partial charge on any atom is -0.342 e. The molecule has 0 unspecified atom stereocenters. The van der Waals surface area contributed by atoms with Crippen LogP contribution in [-0.4, -0.2) is 15.7 Å². The summed E-state index contributed by atoms with van der Waals surface area (Å²) in [5.74, 6) is -2.35. The highest BCUT2D eigenvalue weighted by Crippen LogP contribution is 2.30. The number of hydrogen-bond acceptors (Lipinski definition) is 2. The van der Waals surface area contributed by atoms with Gasteiger partial charge >= 0.3 is 0 Å². The first-order chi connectivity index (χ1) is 14.5. The molecule has 0 aliphatic carbocycles. The zero-order chi connectivity index (χ0) is 21.1. The van der Waals surface area contributed by atoms with Crippen LogP contribution in [0.15, 0.2) is 85.1 Å². The number of aromatic nitrogens is 1. The molecular weight excluding hydrogens is 386 g/mol. The highest BCUT2D eigenvalue weighted by atomic mass is 19.2. The Kier molecular flexibility index (Phi) is 5.41. The van der Waals surface area contributed by atoms with Gasteiger partial charge in [0.15, 0.2) is 11.6 Å². The molecule has 4 aromatic rings. The average molecular weight is 404 g/mol. The van der Waals surface area contributed by atoms with Gasteiger partial charge in [-0.3, -0.25) is 10.0 Å². The topological polar surface area (TPSA) is 54.3 Å². The predicted octanol–water partition coefficient (Wildman–Crippen LogP) is 5.27. The largest absolute Gasteiger partial charge is 0.342 e. The molecule has 0 fully saturated rings. The third-order valence-electron chi connectivity index (χ3n) is 4.89. The molecular formula is C24H18F2N2O2. The number of amides is 1. The van der Waals surface area contributed by atoms with Crippen LogP contribution in [-0.2, 0) is 6.54 Å². The lowest BCUT2D eigenvalue weighted by Gasteiger charge is -2.10. The van der Waals surface area contributed by atoms with Gasteiger partial charge in [0.25, 0.3) is 5.91 Å². The van der Waals surface area contributed by atoms with Gasteiger partial charge in [0, 0.05) is 29.6 Å². The smallest absolute Gasteiger partial charge is 0.274 e. The number of rotatable bonds is 5. The number of hydroxylamine groups is 1. The van der Waals surface area contributed by atoms with E-state index in [2.05, 4.69) is 0 Å². The molecule has 0 spiro atoms. The number of benzene rings is 3. The predicted molar refractivity (Wildman–Crippen MR) is 110 cm³/mol. The van der Waals surface area contributed by atoms with Gasteiger partial charge in [-0.15, -0.1) is 0 Å². The third kappa shape index (κ3) is 3.99. The Hall–Kier alpha value is -3.77. The van der Waals surface area contributed by atoms with Crippen molar-refractivity contribution in [2.75, 3.05) is 0 Å². The van der Waals surface area contributed by atoms with E-state index in [1.807, 2.05) is 47.2 Å². The number of carbonyl (C=O) groups is 1. The van der Waals surface area contributed by atoms with Crippen molar-refractivity contribution in [3.05, 3.63) is 108 Å². The molecule has 0 radical (unpaired) electrons. The monoisotopic (exact) mass is 404 g/mol. The first-order valence-electron chi connectivity index (χ1n) is 9.29. The molecule has 1 amide bonds. The van der Waals surface area contributed by atoms with Gasteiger partial charge in [0.2, 0.25) is 0 Å². The SMILES string of the molecule is O=C(NO)c1ccc(Cn2cc(-c3ccc(F)c(F)c3)cc2-c2ccccc2)cc1. The Labute approximate surface area is 172 Å². The van der Waals surface area contributed by atoms with Crippen LogP contribution in [0.5, 0.6) is 0 Å². The Morgan fingerprint density at radius 3 is 2.23 bits per heavy atom. The van der Waals surface area contributed by atoms with Crippen LogP contribution in [0.4, 0.5) is 8.78 Å². The molecule has 1 aromatic heterocycles.